The number of hydrogen-bond acceptors (Lipinski definition) is 5. The van der Waals surface area contributed by atoms with Gasteiger partial charge in [0.1, 0.15) is 10.8 Å². The first-order valence-corrected chi connectivity index (χ1v) is 5.38. The van der Waals surface area contributed by atoms with E-state index in [1.54, 1.807) is 0 Å². The first kappa shape index (κ1) is 11.3. The van der Waals surface area contributed by atoms with Crippen LogP contribution in [-0.2, 0) is 0 Å². The van der Waals surface area contributed by atoms with Crippen molar-refractivity contribution < 1.29 is 5.11 Å². The van der Waals surface area contributed by atoms with E-state index in [9.17, 15) is 0 Å². The van der Waals surface area contributed by atoms with E-state index in [2.05, 4.69) is 23.5 Å². The van der Waals surface area contributed by atoms with E-state index in [-0.39, 0.29) is 12.0 Å². The van der Waals surface area contributed by atoms with E-state index < -0.39 is 0 Å². The molecule has 0 aliphatic rings. The second-order valence-corrected chi connectivity index (χ2v) is 4.91. The Bertz CT molecular complexity index is 285. The molecule has 0 fully saturated rings. The molecule has 0 atom stereocenters. The van der Waals surface area contributed by atoms with E-state index in [1.807, 2.05) is 6.07 Å². The molecule has 0 amide bonds. The van der Waals surface area contributed by atoms with Gasteiger partial charge >= 0.3 is 0 Å². The molecule has 5 heteroatoms. The molecule has 4 nitrogen and oxygen atoms in total. The van der Waals surface area contributed by atoms with Gasteiger partial charge in [-0.2, -0.15) is 4.37 Å². The van der Waals surface area contributed by atoms with Crippen LogP contribution in [0.2, 0.25) is 0 Å². The maximum Gasteiger partial charge on any atom is 0.139 e. The normalized spacial score (nSPS) is 11.6. The summed E-state index contributed by atoms with van der Waals surface area (Å²) in [5, 5.41) is 13.1. The molecular weight excluding hydrogens is 198 g/mol. The molecule has 0 spiro atoms. The highest BCUT2D eigenvalue weighted by atomic mass is 32.1. The van der Waals surface area contributed by atoms with Gasteiger partial charge < -0.3 is 16.2 Å². The van der Waals surface area contributed by atoms with Crippen LogP contribution in [0.15, 0.2) is 6.07 Å². The second kappa shape index (κ2) is 4.61. The number of nitrogens with two attached hydrogens (primary N) is 1. The largest absolute Gasteiger partial charge is 0.396 e. The lowest BCUT2D eigenvalue weighted by molar-refractivity contribution is 0.220. The van der Waals surface area contributed by atoms with Crippen molar-refractivity contribution in [2.75, 3.05) is 24.2 Å². The number of rotatable bonds is 5. The summed E-state index contributed by atoms with van der Waals surface area (Å²) in [5.41, 5.74) is 5.59. The van der Waals surface area contributed by atoms with Crippen LogP contribution < -0.4 is 11.1 Å². The molecule has 0 unspecified atom stereocenters. The predicted octanol–water partition coefficient (Wildman–Crippen LogP) is 1.55. The smallest absolute Gasteiger partial charge is 0.139 e. The van der Waals surface area contributed by atoms with Gasteiger partial charge in [0.05, 0.1) is 0 Å². The van der Waals surface area contributed by atoms with Gasteiger partial charge in [0.25, 0.3) is 0 Å². The van der Waals surface area contributed by atoms with Crippen molar-refractivity contribution in [1.29, 1.82) is 0 Å². The van der Waals surface area contributed by atoms with Crippen molar-refractivity contribution in [2.24, 2.45) is 5.41 Å². The highest BCUT2D eigenvalue weighted by molar-refractivity contribution is 7.10. The van der Waals surface area contributed by atoms with Gasteiger partial charge in [0, 0.05) is 19.2 Å². The highest BCUT2D eigenvalue weighted by Crippen LogP contribution is 2.23. The van der Waals surface area contributed by atoms with Crippen molar-refractivity contribution in [3.05, 3.63) is 6.07 Å². The first-order chi connectivity index (χ1) is 6.53. The summed E-state index contributed by atoms with van der Waals surface area (Å²) >= 11 is 1.36. The number of hydrogen-bond donors (Lipinski definition) is 3. The number of nitrogen functional groups attached to an aromatic ring is 1. The molecule has 1 rings (SSSR count). The molecule has 0 saturated heterocycles. The molecular formula is C9H17N3OS. The number of nitrogens with zero attached hydrogens (tertiary/aromatic N) is 1. The van der Waals surface area contributed by atoms with Crippen molar-refractivity contribution >= 4 is 22.4 Å². The van der Waals surface area contributed by atoms with Gasteiger partial charge in [-0.3, -0.25) is 0 Å². The fraction of sp³-hybridized carbons (Fsp3) is 0.667. The molecule has 0 aliphatic carbocycles. The predicted molar refractivity (Wildman–Crippen MR) is 60.5 cm³/mol. The van der Waals surface area contributed by atoms with Gasteiger partial charge in [-0.1, -0.05) is 13.8 Å². The number of aliphatic hydroxyl groups is 1. The van der Waals surface area contributed by atoms with Crippen LogP contribution in [0.4, 0.5) is 10.8 Å². The standard InChI is InChI=1S/C9H17N3OS/c1-9(2,3-4-13)6-11-8-5-7(10)12-14-8/h5,11,13H,3-4,6H2,1-2H3,(H2,10,12). The maximum atomic E-state index is 8.85. The minimum absolute atomic E-state index is 0.0908. The fourth-order valence-electron chi connectivity index (χ4n) is 1.09. The molecule has 0 aromatic carbocycles. The Morgan fingerprint density at radius 2 is 2.36 bits per heavy atom. The monoisotopic (exact) mass is 215 g/mol. The summed E-state index contributed by atoms with van der Waals surface area (Å²) in [6, 6.07) is 1.82. The minimum Gasteiger partial charge on any atom is -0.396 e. The van der Waals surface area contributed by atoms with E-state index in [4.69, 9.17) is 10.8 Å². The summed E-state index contributed by atoms with van der Waals surface area (Å²) in [4.78, 5) is 0. The SMILES string of the molecule is CC(C)(CCO)CNc1cc(N)ns1. The number of aliphatic hydroxyl groups excluding tert-OH is 1. The fourth-order valence-corrected chi connectivity index (χ4v) is 1.66. The van der Waals surface area contributed by atoms with Crippen molar-refractivity contribution in [1.82, 2.24) is 4.37 Å². The quantitative estimate of drug-likeness (QED) is 0.697. The Kier molecular flexibility index (Phi) is 3.71. The zero-order valence-electron chi connectivity index (χ0n) is 8.58. The molecule has 80 valence electrons. The highest BCUT2D eigenvalue weighted by Gasteiger charge is 2.16. The average Bonchev–Trinajstić information content (AvgIpc) is 2.48. The van der Waals surface area contributed by atoms with Gasteiger partial charge in [0.15, 0.2) is 0 Å². The average molecular weight is 215 g/mol. The van der Waals surface area contributed by atoms with Crippen molar-refractivity contribution in [3.8, 4) is 0 Å². The lowest BCUT2D eigenvalue weighted by atomic mass is 9.90. The number of anilines is 2. The third-order valence-corrected chi connectivity index (χ3v) is 2.82. The van der Waals surface area contributed by atoms with Crippen LogP contribution in [0.1, 0.15) is 20.3 Å². The number of nitrogens with one attached hydrogen (secondary N) is 1. The van der Waals surface area contributed by atoms with Crippen LogP contribution >= 0.6 is 11.5 Å². The van der Waals surface area contributed by atoms with E-state index in [1.165, 1.54) is 11.5 Å². The van der Waals surface area contributed by atoms with E-state index in [0.29, 0.717) is 5.82 Å². The Balaban J connectivity index is 2.40. The van der Waals surface area contributed by atoms with E-state index in [0.717, 1.165) is 18.0 Å². The zero-order valence-corrected chi connectivity index (χ0v) is 9.40. The maximum absolute atomic E-state index is 8.85. The summed E-state index contributed by atoms with van der Waals surface area (Å²) in [5.74, 6) is 0.553. The Hall–Kier alpha value is -0.810. The van der Waals surface area contributed by atoms with Crippen molar-refractivity contribution in [2.45, 2.75) is 20.3 Å². The Morgan fingerprint density at radius 1 is 1.64 bits per heavy atom. The van der Waals surface area contributed by atoms with Crippen LogP contribution in [0, 0.1) is 5.41 Å². The molecule has 1 heterocycles. The first-order valence-electron chi connectivity index (χ1n) is 4.60. The topological polar surface area (TPSA) is 71.2 Å². The molecule has 0 saturated carbocycles. The molecule has 14 heavy (non-hydrogen) atoms. The molecule has 0 radical (unpaired) electrons. The van der Waals surface area contributed by atoms with Gasteiger partial charge in [0.2, 0.25) is 0 Å². The number of aromatic nitrogens is 1. The summed E-state index contributed by atoms with van der Waals surface area (Å²) in [6.45, 7) is 5.26. The van der Waals surface area contributed by atoms with Crippen LogP contribution in [0.25, 0.3) is 0 Å². The van der Waals surface area contributed by atoms with Gasteiger partial charge in [-0.25, -0.2) is 0 Å². The van der Waals surface area contributed by atoms with Crippen LogP contribution in [-0.4, -0.2) is 22.6 Å². The van der Waals surface area contributed by atoms with Crippen LogP contribution in [0.5, 0.6) is 0 Å². The minimum atomic E-state index is 0.0908. The lowest BCUT2D eigenvalue weighted by Gasteiger charge is -2.23. The third-order valence-electron chi connectivity index (χ3n) is 2.06. The third kappa shape index (κ3) is 3.51. The summed E-state index contributed by atoms with van der Waals surface area (Å²) in [6.07, 6.45) is 0.786. The molecule has 1 aromatic rings. The summed E-state index contributed by atoms with van der Waals surface area (Å²) < 4.78 is 3.97. The second-order valence-electron chi connectivity index (χ2n) is 4.11. The Labute approximate surface area is 88.3 Å². The molecule has 0 bridgehead atoms. The Morgan fingerprint density at radius 3 is 2.86 bits per heavy atom. The molecule has 0 aliphatic heterocycles. The molecule has 4 N–H and O–H groups in total. The van der Waals surface area contributed by atoms with Crippen LogP contribution in [0.3, 0.4) is 0 Å². The van der Waals surface area contributed by atoms with Gasteiger partial charge in [-0.15, -0.1) is 0 Å². The zero-order chi connectivity index (χ0) is 10.6. The molecule has 1 aromatic heterocycles. The lowest BCUT2D eigenvalue weighted by Crippen LogP contribution is -2.23. The van der Waals surface area contributed by atoms with E-state index >= 15 is 0 Å². The van der Waals surface area contributed by atoms with Gasteiger partial charge in [-0.05, 0) is 23.4 Å². The summed E-state index contributed by atoms with van der Waals surface area (Å²) in [7, 11) is 0. The van der Waals surface area contributed by atoms with Crippen molar-refractivity contribution in [3.63, 3.8) is 0 Å².